The molecule has 0 amide bonds. The van der Waals surface area contributed by atoms with Gasteiger partial charge in [0.25, 0.3) is 0 Å². The summed E-state index contributed by atoms with van der Waals surface area (Å²) in [5.41, 5.74) is -0.803. The second-order valence-electron chi connectivity index (χ2n) is 4.49. The summed E-state index contributed by atoms with van der Waals surface area (Å²) in [5, 5.41) is 0. The highest BCUT2D eigenvalue weighted by Crippen LogP contribution is 2.32. The topological polar surface area (TPSA) is 3.24 Å². The first-order valence-corrected chi connectivity index (χ1v) is 6.50. The first-order chi connectivity index (χ1) is 8.77. The second-order valence-corrected chi connectivity index (χ2v) is 4.87. The summed E-state index contributed by atoms with van der Waals surface area (Å²) in [4.78, 5) is 1.71. The molecular weight excluding hydrogens is 282 g/mol. The standard InChI is InChI=1S/C13H16ClF4N/c1-9(2)19(7-3-6-14)12-5-4-10(8-11(12)15)13(16,17)18/h4-5,8-9H,3,6-7H2,1-2H3. The van der Waals surface area contributed by atoms with Crippen LogP contribution in [0.15, 0.2) is 18.2 Å². The molecule has 0 unspecified atom stereocenters. The van der Waals surface area contributed by atoms with Gasteiger partial charge in [-0.2, -0.15) is 13.2 Å². The van der Waals surface area contributed by atoms with E-state index < -0.39 is 17.6 Å². The summed E-state index contributed by atoms with van der Waals surface area (Å²) in [6.07, 6.45) is -3.89. The fraction of sp³-hybridized carbons (Fsp3) is 0.538. The van der Waals surface area contributed by atoms with Gasteiger partial charge in [-0.05, 0) is 38.5 Å². The molecular formula is C13H16ClF4N. The average Bonchev–Trinajstić information content (AvgIpc) is 2.29. The van der Waals surface area contributed by atoms with Crippen molar-refractivity contribution in [3.8, 4) is 0 Å². The molecule has 0 atom stereocenters. The SMILES string of the molecule is CC(C)N(CCCCl)c1ccc(C(F)(F)F)cc1F. The van der Waals surface area contributed by atoms with E-state index >= 15 is 0 Å². The fourth-order valence-corrected chi connectivity index (χ4v) is 1.92. The maximum atomic E-state index is 13.8. The molecule has 1 nitrogen and oxygen atoms in total. The van der Waals surface area contributed by atoms with Crippen molar-refractivity contribution in [2.75, 3.05) is 17.3 Å². The molecule has 1 rings (SSSR count). The second kappa shape index (κ2) is 6.46. The van der Waals surface area contributed by atoms with Crippen LogP contribution in [0.2, 0.25) is 0 Å². The maximum absolute atomic E-state index is 13.8. The van der Waals surface area contributed by atoms with Gasteiger partial charge in [0.2, 0.25) is 0 Å². The molecule has 0 saturated heterocycles. The molecule has 0 aliphatic carbocycles. The van der Waals surface area contributed by atoms with E-state index in [-0.39, 0.29) is 11.7 Å². The van der Waals surface area contributed by atoms with Crippen LogP contribution < -0.4 is 4.90 Å². The number of hydrogen-bond acceptors (Lipinski definition) is 1. The first kappa shape index (κ1) is 16.1. The van der Waals surface area contributed by atoms with Crippen LogP contribution in [-0.4, -0.2) is 18.5 Å². The molecule has 0 aliphatic rings. The predicted molar refractivity (Wildman–Crippen MR) is 69.2 cm³/mol. The lowest BCUT2D eigenvalue weighted by Crippen LogP contribution is -2.32. The van der Waals surface area contributed by atoms with Crippen LogP contribution in [0.4, 0.5) is 23.2 Å². The highest BCUT2D eigenvalue weighted by molar-refractivity contribution is 6.17. The van der Waals surface area contributed by atoms with Crippen LogP contribution in [0.3, 0.4) is 0 Å². The third kappa shape index (κ3) is 4.27. The van der Waals surface area contributed by atoms with E-state index in [0.717, 1.165) is 6.07 Å². The van der Waals surface area contributed by atoms with Crippen LogP contribution in [0.5, 0.6) is 0 Å². The highest BCUT2D eigenvalue weighted by atomic mass is 35.5. The van der Waals surface area contributed by atoms with Gasteiger partial charge in [-0.3, -0.25) is 0 Å². The Balaban J connectivity index is 3.05. The zero-order chi connectivity index (χ0) is 14.6. The number of hydrogen-bond donors (Lipinski definition) is 0. The Morgan fingerprint density at radius 2 is 1.89 bits per heavy atom. The molecule has 108 valence electrons. The molecule has 0 saturated carbocycles. The van der Waals surface area contributed by atoms with E-state index in [4.69, 9.17) is 11.6 Å². The lowest BCUT2D eigenvalue weighted by Gasteiger charge is -2.29. The molecule has 1 aromatic rings. The molecule has 1 aromatic carbocycles. The Labute approximate surface area is 115 Å². The molecule has 6 heteroatoms. The van der Waals surface area contributed by atoms with E-state index in [1.807, 2.05) is 13.8 Å². The normalized spacial score (nSPS) is 12.0. The summed E-state index contributed by atoms with van der Waals surface area (Å²) >= 11 is 5.59. The van der Waals surface area contributed by atoms with Gasteiger partial charge in [-0.25, -0.2) is 4.39 Å². The smallest absolute Gasteiger partial charge is 0.367 e. The molecule has 19 heavy (non-hydrogen) atoms. The van der Waals surface area contributed by atoms with Crippen LogP contribution >= 0.6 is 11.6 Å². The summed E-state index contributed by atoms with van der Waals surface area (Å²) in [6, 6.07) is 2.58. The highest BCUT2D eigenvalue weighted by Gasteiger charge is 2.31. The van der Waals surface area contributed by atoms with Crippen LogP contribution in [-0.2, 0) is 6.18 Å². The predicted octanol–water partition coefficient (Wildman–Crippen LogP) is 4.69. The van der Waals surface area contributed by atoms with E-state index in [2.05, 4.69) is 0 Å². The van der Waals surface area contributed by atoms with Gasteiger partial charge in [-0.15, -0.1) is 11.6 Å². The number of anilines is 1. The summed E-state index contributed by atoms with van der Waals surface area (Å²) in [7, 11) is 0. The van der Waals surface area contributed by atoms with Gasteiger partial charge in [0.1, 0.15) is 5.82 Å². The minimum absolute atomic E-state index is 0.0190. The van der Waals surface area contributed by atoms with Gasteiger partial charge >= 0.3 is 6.18 Å². The van der Waals surface area contributed by atoms with Crippen molar-refractivity contribution in [3.63, 3.8) is 0 Å². The number of nitrogens with zero attached hydrogens (tertiary/aromatic N) is 1. The number of rotatable bonds is 5. The quantitative estimate of drug-likeness (QED) is 0.563. The third-order valence-corrected chi connectivity index (χ3v) is 3.01. The van der Waals surface area contributed by atoms with Crippen molar-refractivity contribution < 1.29 is 17.6 Å². The Morgan fingerprint density at radius 1 is 1.26 bits per heavy atom. The average molecular weight is 298 g/mol. The van der Waals surface area contributed by atoms with Crippen molar-refractivity contribution in [1.82, 2.24) is 0 Å². The summed E-state index contributed by atoms with van der Waals surface area (Å²) in [5.74, 6) is -0.441. The molecule has 0 radical (unpaired) electrons. The van der Waals surface area contributed by atoms with Gasteiger partial charge in [0, 0.05) is 18.5 Å². The Kier molecular flexibility index (Phi) is 5.47. The molecule has 0 bridgehead atoms. The first-order valence-electron chi connectivity index (χ1n) is 5.96. The lowest BCUT2D eigenvalue weighted by molar-refractivity contribution is -0.137. The van der Waals surface area contributed by atoms with Crippen molar-refractivity contribution in [3.05, 3.63) is 29.6 Å². The van der Waals surface area contributed by atoms with E-state index in [1.54, 1.807) is 4.90 Å². The zero-order valence-corrected chi connectivity index (χ0v) is 11.5. The third-order valence-electron chi connectivity index (χ3n) is 2.74. The lowest BCUT2D eigenvalue weighted by atomic mass is 10.1. The summed E-state index contributed by atoms with van der Waals surface area (Å²) in [6.45, 7) is 4.21. The van der Waals surface area contributed by atoms with Crippen molar-refractivity contribution in [2.24, 2.45) is 0 Å². The Bertz CT molecular complexity index is 418. The van der Waals surface area contributed by atoms with E-state index in [9.17, 15) is 17.6 Å². The monoisotopic (exact) mass is 297 g/mol. The Morgan fingerprint density at radius 3 is 2.32 bits per heavy atom. The van der Waals surface area contributed by atoms with Crippen molar-refractivity contribution in [1.29, 1.82) is 0 Å². The van der Waals surface area contributed by atoms with Crippen LogP contribution in [0.25, 0.3) is 0 Å². The molecule has 0 aliphatic heterocycles. The summed E-state index contributed by atoms with van der Waals surface area (Å²) < 4.78 is 51.2. The minimum Gasteiger partial charge on any atom is -0.367 e. The molecule has 0 heterocycles. The van der Waals surface area contributed by atoms with E-state index in [0.29, 0.717) is 24.9 Å². The number of alkyl halides is 4. The molecule has 0 aromatic heterocycles. The largest absolute Gasteiger partial charge is 0.416 e. The van der Waals surface area contributed by atoms with Gasteiger partial charge in [0.05, 0.1) is 11.3 Å². The number of benzene rings is 1. The maximum Gasteiger partial charge on any atom is 0.416 e. The van der Waals surface area contributed by atoms with Crippen LogP contribution in [0, 0.1) is 5.82 Å². The fourth-order valence-electron chi connectivity index (χ4n) is 1.80. The van der Waals surface area contributed by atoms with Crippen molar-refractivity contribution in [2.45, 2.75) is 32.5 Å². The van der Waals surface area contributed by atoms with Crippen LogP contribution in [0.1, 0.15) is 25.8 Å². The van der Waals surface area contributed by atoms with Gasteiger partial charge in [-0.1, -0.05) is 0 Å². The minimum atomic E-state index is -4.53. The molecule has 0 N–H and O–H groups in total. The van der Waals surface area contributed by atoms with Crippen molar-refractivity contribution >= 4 is 17.3 Å². The Hall–Kier alpha value is -0.970. The zero-order valence-electron chi connectivity index (χ0n) is 10.8. The number of halogens is 5. The molecule has 0 fully saturated rings. The van der Waals surface area contributed by atoms with E-state index in [1.165, 1.54) is 6.07 Å². The van der Waals surface area contributed by atoms with Gasteiger partial charge < -0.3 is 4.90 Å². The molecule has 0 spiro atoms. The van der Waals surface area contributed by atoms with Gasteiger partial charge in [0.15, 0.2) is 0 Å².